The van der Waals surface area contributed by atoms with E-state index in [1.54, 1.807) is 12.1 Å². The highest BCUT2D eigenvalue weighted by molar-refractivity contribution is 6.32. The zero-order valence-corrected chi connectivity index (χ0v) is 17.2. The van der Waals surface area contributed by atoms with Crippen molar-refractivity contribution in [3.05, 3.63) is 64.2 Å². The van der Waals surface area contributed by atoms with Gasteiger partial charge in [0.2, 0.25) is 0 Å². The largest absolute Gasteiger partial charge is 0.482 e. The van der Waals surface area contributed by atoms with Crippen LogP contribution in [0.2, 0.25) is 5.02 Å². The highest BCUT2D eigenvalue weighted by Crippen LogP contribution is 2.40. The maximum atomic E-state index is 9.08. The predicted octanol–water partition coefficient (Wildman–Crippen LogP) is 4.28. The van der Waals surface area contributed by atoms with Gasteiger partial charge in [-0.2, -0.15) is 5.26 Å². The molecule has 0 spiro atoms. The van der Waals surface area contributed by atoms with Crippen LogP contribution >= 0.6 is 11.6 Å². The number of nitrogens with zero attached hydrogens (tertiary/aromatic N) is 3. The van der Waals surface area contributed by atoms with Crippen LogP contribution in [-0.2, 0) is 6.42 Å². The summed E-state index contributed by atoms with van der Waals surface area (Å²) < 4.78 is 6.48. The van der Waals surface area contributed by atoms with Gasteiger partial charge >= 0.3 is 0 Å². The summed E-state index contributed by atoms with van der Waals surface area (Å²) in [5, 5.41) is 9.57. The maximum Gasteiger partial charge on any atom is 0.140 e. The Balaban J connectivity index is 1.58. The Morgan fingerprint density at radius 2 is 1.89 bits per heavy atom. The number of piperidine rings is 1. The first-order valence-corrected chi connectivity index (χ1v) is 10.3. The van der Waals surface area contributed by atoms with Gasteiger partial charge < -0.3 is 9.64 Å². The van der Waals surface area contributed by atoms with Crippen molar-refractivity contribution in [3.63, 3.8) is 0 Å². The van der Waals surface area contributed by atoms with E-state index in [1.807, 2.05) is 6.07 Å². The summed E-state index contributed by atoms with van der Waals surface area (Å²) in [6, 6.07) is 16.9. The first-order valence-electron chi connectivity index (χ1n) is 9.91. The average Bonchev–Trinajstić information content (AvgIpc) is 3.08. The molecule has 1 saturated heterocycles. The number of ether oxygens (including phenoxy) is 1. The lowest BCUT2D eigenvalue weighted by Crippen LogP contribution is -2.48. The van der Waals surface area contributed by atoms with E-state index in [2.05, 4.69) is 54.2 Å². The van der Waals surface area contributed by atoms with E-state index in [-0.39, 0.29) is 6.10 Å². The predicted molar refractivity (Wildman–Crippen MR) is 112 cm³/mol. The molecule has 1 heterocycles. The van der Waals surface area contributed by atoms with E-state index in [0.717, 1.165) is 19.5 Å². The summed E-state index contributed by atoms with van der Waals surface area (Å²) in [5.74, 6) is 0.649. The zero-order chi connectivity index (χ0) is 19.7. The Bertz CT molecular complexity index is 884. The van der Waals surface area contributed by atoms with Gasteiger partial charge in [-0.25, -0.2) is 0 Å². The molecule has 0 N–H and O–H groups in total. The van der Waals surface area contributed by atoms with Crippen LogP contribution in [0.25, 0.3) is 0 Å². The molecule has 2 atom stereocenters. The maximum absolute atomic E-state index is 9.08. The summed E-state index contributed by atoms with van der Waals surface area (Å²) in [4.78, 5) is 4.92. The van der Waals surface area contributed by atoms with Gasteiger partial charge in [0.15, 0.2) is 0 Å². The van der Waals surface area contributed by atoms with Crippen molar-refractivity contribution in [1.82, 2.24) is 9.80 Å². The van der Waals surface area contributed by atoms with Crippen LogP contribution in [0.5, 0.6) is 5.75 Å². The van der Waals surface area contributed by atoms with Gasteiger partial charge in [0.05, 0.1) is 22.7 Å². The number of hydrogen-bond acceptors (Lipinski definition) is 4. The van der Waals surface area contributed by atoms with Crippen LogP contribution in [0.15, 0.2) is 42.5 Å². The van der Waals surface area contributed by atoms with E-state index in [1.165, 1.54) is 24.0 Å². The number of hydrogen-bond donors (Lipinski definition) is 0. The molecule has 0 bridgehead atoms. The van der Waals surface area contributed by atoms with Gasteiger partial charge in [0, 0.05) is 19.1 Å². The highest BCUT2D eigenvalue weighted by atomic mass is 35.5. The molecule has 0 aromatic heterocycles. The molecule has 1 aliphatic heterocycles. The third-order valence-electron chi connectivity index (χ3n) is 6.15. The number of fused-ring (bicyclic) bond motifs is 1. The number of likely N-dealkylation sites (tertiary alicyclic amines) is 1. The van der Waals surface area contributed by atoms with Gasteiger partial charge in [0.1, 0.15) is 11.9 Å². The average molecular weight is 396 g/mol. The summed E-state index contributed by atoms with van der Waals surface area (Å²) in [6.45, 7) is 2.17. The standard InChI is InChI=1S/C23H26ClN3O/c1-26(2)18-9-11-27(12-10-18)21-14-17-5-3-4-6-19(17)23(21)28-22-8-7-16(15-25)13-20(22)24/h3-8,13,18,21,23H,9-12,14H2,1-2H3/t21-,23-/m1/s1. The molecule has 146 valence electrons. The van der Waals surface area contributed by atoms with Gasteiger partial charge in [-0.3, -0.25) is 4.90 Å². The lowest BCUT2D eigenvalue weighted by Gasteiger charge is -2.40. The van der Waals surface area contributed by atoms with E-state index in [4.69, 9.17) is 21.6 Å². The smallest absolute Gasteiger partial charge is 0.140 e. The third kappa shape index (κ3) is 3.75. The minimum Gasteiger partial charge on any atom is -0.482 e. The second kappa shape index (κ2) is 8.13. The molecule has 2 aromatic carbocycles. The molecule has 0 amide bonds. The normalized spacial score (nSPS) is 22.8. The topological polar surface area (TPSA) is 39.5 Å². The van der Waals surface area contributed by atoms with Crippen LogP contribution in [0.1, 0.15) is 35.6 Å². The quantitative estimate of drug-likeness (QED) is 0.774. The fraction of sp³-hybridized carbons (Fsp3) is 0.435. The SMILES string of the molecule is CN(C)C1CCN([C@@H]2Cc3ccccc3[C@H]2Oc2ccc(C#N)cc2Cl)CC1. The van der Waals surface area contributed by atoms with E-state index < -0.39 is 0 Å². The molecule has 2 aliphatic rings. The lowest BCUT2D eigenvalue weighted by atomic mass is 10.00. The Morgan fingerprint density at radius 1 is 1.14 bits per heavy atom. The monoisotopic (exact) mass is 395 g/mol. The molecule has 5 heteroatoms. The zero-order valence-electron chi connectivity index (χ0n) is 16.4. The molecule has 1 aliphatic carbocycles. The second-order valence-electron chi connectivity index (χ2n) is 8.00. The number of nitriles is 1. The number of rotatable bonds is 4. The summed E-state index contributed by atoms with van der Waals surface area (Å²) in [5.41, 5.74) is 3.16. The Kier molecular flexibility index (Phi) is 5.59. The van der Waals surface area contributed by atoms with Crippen molar-refractivity contribution in [2.45, 2.75) is 37.5 Å². The molecule has 0 unspecified atom stereocenters. The van der Waals surface area contributed by atoms with Gasteiger partial charge in [-0.15, -0.1) is 0 Å². The third-order valence-corrected chi connectivity index (χ3v) is 6.45. The van der Waals surface area contributed by atoms with Crippen LogP contribution in [-0.4, -0.2) is 49.1 Å². The van der Waals surface area contributed by atoms with Crippen LogP contribution in [0.3, 0.4) is 0 Å². The molecule has 1 fully saturated rings. The number of benzene rings is 2. The molecule has 4 nitrogen and oxygen atoms in total. The first kappa shape index (κ1) is 19.3. The second-order valence-corrected chi connectivity index (χ2v) is 8.40. The summed E-state index contributed by atoms with van der Waals surface area (Å²) in [6.07, 6.45) is 3.33. The van der Waals surface area contributed by atoms with E-state index >= 15 is 0 Å². The van der Waals surface area contributed by atoms with Crippen molar-refractivity contribution < 1.29 is 4.74 Å². The fourth-order valence-corrected chi connectivity index (χ4v) is 4.76. The summed E-state index contributed by atoms with van der Waals surface area (Å²) >= 11 is 6.41. The minimum absolute atomic E-state index is 0.0439. The van der Waals surface area contributed by atoms with Gasteiger partial charge in [0.25, 0.3) is 0 Å². The highest BCUT2D eigenvalue weighted by Gasteiger charge is 2.39. The summed E-state index contributed by atoms with van der Waals surface area (Å²) in [7, 11) is 4.34. The first-order chi connectivity index (χ1) is 13.6. The van der Waals surface area contributed by atoms with Crippen molar-refractivity contribution in [3.8, 4) is 11.8 Å². The molecular weight excluding hydrogens is 370 g/mol. The molecule has 28 heavy (non-hydrogen) atoms. The van der Waals surface area contributed by atoms with Crippen molar-refractivity contribution in [2.24, 2.45) is 0 Å². The molecule has 0 radical (unpaired) electrons. The van der Waals surface area contributed by atoms with Crippen LogP contribution < -0.4 is 4.74 Å². The van der Waals surface area contributed by atoms with Crippen molar-refractivity contribution in [1.29, 1.82) is 5.26 Å². The van der Waals surface area contributed by atoms with E-state index in [0.29, 0.717) is 28.4 Å². The van der Waals surface area contributed by atoms with Gasteiger partial charge in [-0.05, 0) is 62.7 Å². The van der Waals surface area contributed by atoms with Gasteiger partial charge in [-0.1, -0.05) is 35.9 Å². The molecule has 4 rings (SSSR count). The Hall–Kier alpha value is -2.06. The van der Waals surface area contributed by atoms with Crippen LogP contribution in [0, 0.1) is 11.3 Å². The van der Waals surface area contributed by atoms with Crippen molar-refractivity contribution >= 4 is 11.6 Å². The number of halogens is 1. The molecule has 0 saturated carbocycles. The lowest BCUT2D eigenvalue weighted by molar-refractivity contribution is 0.0457. The van der Waals surface area contributed by atoms with Crippen molar-refractivity contribution in [2.75, 3.05) is 27.2 Å². The van der Waals surface area contributed by atoms with Crippen LogP contribution in [0.4, 0.5) is 0 Å². The Morgan fingerprint density at radius 3 is 2.57 bits per heavy atom. The molecular formula is C23H26ClN3O. The van der Waals surface area contributed by atoms with E-state index in [9.17, 15) is 0 Å². The minimum atomic E-state index is -0.0439. The Labute approximate surface area is 172 Å². The fourth-order valence-electron chi connectivity index (χ4n) is 4.54. The molecule has 2 aromatic rings.